The lowest BCUT2D eigenvalue weighted by molar-refractivity contribution is 0.154. The van der Waals surface area contributed by atoms with Crippen molar-refractivity contribution in [3.8, 4) is 0 Å². The van der Waals surface area contributed by atoms with Gasteiger partial charge in [0.25, 0.3) is 0 Å². The Morgan fingerprint density at radius 2 is 2.06 bits per heavy atom. The summed E-state index contributed by atoms with van der Waals surface area (Å²) in [6.45, 7) is 9.21. The third-order valence-corrected chi connectivity index (χ3v) is 3.05. The number of nitrogens with zero attached hydrogens (tertiary/aromatic N) is 4. The number of hydrogen-bond acceptors (Lipinski definition) is 6. The van der Waals surface area contributed by atoms with Crippen LogP contribution in [-0.2, 0) is 6.54 Å². The summed E-state index contributed by atoms with van der Waals surface area (Å²) in [5.74, 6) is 1.36. The molecule has 0 spiro atoms. The van der Waals surface area contributed by atoms with Gasteiger partial charge < -0.3 is 14.7 Å². The third kappa shape index (κ3) is 4.07. The molecule has 0 unspecified atom stereocenters. The number of piperazine rings is 1. The molecule has 0 radical (unpaired) electrons. The van der Waals surface area contributed by atoms with Crippen LogP contribution in [0.15, 0.2) is 4.52 Å². The van der Waals surface area contributed by atoms with Crippen molar-refractivity contribution < 1.29 is 4.52 Å². The fourth-order valence-electron chi connectivity index (χ4n) is 1.92. The van der Waals surface area contributed by atoms with E-state index in [1.165, 1.54) is 13.1 Å². The molecule has 17 heavy (non-hydrogen) atoms. The summed E-state index contributed by atoms with van der Waals surface area (Å²) < 4.78 is 5.03. The van der Waals surface area contributed by atoms with E-state index in [2.05, 4.69) is 32.3 Å². The Bertz CT molecular complexity index is 332. The number of likely N-dealkylation sites (N-methyl/N-ethyl adjacent to an activating group) is 1. The van der Waals surface area contributed by atoms with Crippen molar-refractivity contribution in [3.63, 3.8) is 0 Å². The second-order valence-corrected chi connectivity index (χ2v) is 4.56. The van der Waals surface area contributed by atoms with Crippen molar-refractivity contribution in [2.45, 2.75) is 13.5 Å². The van der Waals surface area contributed by atoms with Crippen LogP contribution in [0.4, 0.5) is 0 Å². The lowest BCUT2D eigenvalue weighted by Gasteiger charge is -2.32. The van der Waals surface area contributed by atoms with Crippen molar-refractivity contribution in [1.29, 1.82) is 0 Å². The largest absolute Gasteiger partial charge is 0.338 e. The van der Waals surface area contributed by atoms with Gasteiger partial charge in [0.05, 0.1) is 6.54 Å². The maximum Gasteiger partial charge on any atom is 0.240 e. The fourth-order valence-corrected chi connectivity index (χ4v) is 1.92. The Morgan fingerprint density at radius 3 is 2.71 bits per heavy atom. The van der Waals surface area contributed by atoms with Crippen molar-refractivity contribution in [2.24, 2.45) is 0 Å². The van der Waals surface area contributed by atoms with E-state index in [4.69, 9.17) is 4.52 Å². The first-order valence-electron chi connectivity index (χ1n) is 6.15. The van der Waals surface area contributed by atoms with Crippen molar-refractivity contribution in [3.05, 3.63) is 11.7 Å². The topological polar surface area (TPSA) is 57.4 Å². The Balaban J connectivity index is 1.57. The summed E-state index contributed by atoms with van der Waals surface area (Å²) in [6, 6.07) is 0. The molecule has 1 aliphatic rings. The predicted octanol–water partition coefficient (Wildman–Crippen LogP) is -0.285. The summed E-state index contributed by atoms with van der Waals surface area (Å²) in [5, 5.41) is 7.07. The zero-order chi connectivity index (χ0) is 12.1. The van der Waals surface area contributed by atoms with E-state index in [1.807, 2.05) is 6.92 Å². The van der Waals surface area contributed by atoms with E-state index in [1.54, 1.807) is 0 Å². The fraction of sp³-hybridized carbons (Fsp3) is 0.818. The van der Waals surface area contributed by atoms with Crippen LogP contribution < -0.4 is 5.32 Å². The molecule has 6 nitrogen and oxygen atoms in total. The molecule has 1 saturated heterocycles. The van der Waals surface area contributed by atoms with E-state index in [0.717, 1.165) is 26.2 Å². The quantitative estimate of drug-likeness (QED) is 0.713. The minimum absolute atomic E-state index is 0.661. The van der Waals surface area contributed by atoms with E-state index in [9.17, 15) is 0 Å². The monoisotopic (exact) mass is 239 g/mol. The molecular weight excluding hydrogens is 218 g/mol. The lowest BCUT2D eigenvalue weighted by Crippen LogP contribution is -2.46. The van der Waals surface area contributed by atoms with Gasteiger partial charge in [0.1, 0.15) is 0 Å². The van der Waals surface area contributed by atoms with Crippen LogP contribution in [0.5, 0.6) is 0 Å². The van der Waals surface area contributed by atoms with Gasteiger partial charge in [-0.1, -0.05) is 5.16 Å². The molecule has 2 heterocycles. The van der Waals surface area contributed by atoms with Crippen molar-refractivity contribution in [2.75, 3.05) is 46.3 Å². The van der Waals surface area contributed by atoms with Crippen LogP contribution in [0.1, 0.15) is 11.7 Å². The summed E-state index contributed by atoms with van der Waals surface area (Å²) in [5.41, 5.74) is 0. The second kappa shape index (κ2) is 6.09. The molecule has 0 bridgehead atoms. The third-order valence-electron chi connectivity index (χ3n) is 3.05. The molecule has 2 rings (SSSR count). The number of aromatic nitrogens is 2. The molecule has 0 atom stereocenters. The summed E-state index contributed by atoms with van der Waals surface area (Å²) in [7, 11) is 2.17. The maximum absolute atomic E-state index is 5.03. The Morgan fingerprint density at radius 1 is 1.29 bits per heavy atom. The van der Waals surface area contributed by atoms with Gasteiger partial charge in [0.2, 0.25) is 5.89 Å². The van der Waals surface area contributed by atoms with Gasteiger partial charge in [-0.15, -0.1) is 0 Å². The molecule has 1 fully saturated rings. The molecule has 0 saturated carbocycles. The molecule has 96 valence electrons. The molecule has 1 aromatic heterocycles. The van der Waals surface area contributed by atoms with Gasteiger partial charge >= 0.3 is 0 Å². The van der Waals surface area contributed by atoms with Gasteiger partial charge in [0, 0.05) is 39.3 Å². The number of nitrogens with one attached hydrogen (secondary N) is 1. The Kier molecular flexibility index (Phi) is 4.47. The van der Waals surface area contributed by atoms with Crippen LogP contribution in [0.25, 0.3) is 0 Å². The minimum Gasteiger partial charge on any atom is -0.338 e. The summed E-state index contributed by atoms with van der Waals surface area (Å²) in [6.07, 6.45) is 0. The SMILES string of the molecule is Cc1noc(CNCCN2CCN(C)CC2)n1. The highest BCUT2D eigenvalue weighted by atomic mass is 16.5. The molecule has 0 amide bonds. The van der Waals surface area contributed by atoms with Crippen molar-refractivity contribution >= 4 is 0 Å². The van der Waals surface area contributed by atoms with Gasteiger partial charge in [0.15, 0.2) is 5.82 Å². The average Bonchev–Trinajstić information content (AvgIpc) is 2.73. The zero-order valence-corrected chi connectivity index (χ0v) is 10.6. The van der Waals surface area contributed by atoms with Crippen LogP contribution >= 0.6 is 0 Å². The van der Waals surface area contributed by atoms with Crippen LogP contribution in [0.2, 0.25) is 0 Å². The van der Waals surface area contributed by atoms with E-state index >= 15 is 0 Å². The van der Waals surface area contributed by atoms with Crippen LogP contribution in [-0.4, -0.2) is 66.3 Å². The molecule has 1 aromatic rings. The molecule has 1 aliphatic heterocycles. The molecule has 1 N–H and O–H groups in total. The first-order chi connectivity index (χ1) is 8.24. The van der Waals surface area contributed by atoms with Gasteiger partial charge in [-0.3, -0.25) is 4.90 Å². The zero-order valence-electron chi connectivity index (χ0n) is 10.6. The first kappa shape index (κ1) is 12.5. The average molecular weight is 239 g/mol. The second-order valence-electron chi connectivity index (χ2n) is 4.56. The van der Waals surface area contributed by atoms with E-state index in [-0.39, 0.29) is 0 Å². The lowest BCUT2D eigenvalue weighted by atomic mass is 10.3. The highest BCUT2D eigenvalue weighted by Crippen LogP contribution is 1.98. The predicted molar refractivity (Wildman–Crippen MR) is 64.7 cm³/mol. The molecule has 0 aliphatic carbocycles. The standard InChI is InChI=1S/C11H21N5O/c1-10-13-11(17-14-10)9-12-3-4-16-7-5-15(2)6-8-16/h12H,3-9H2,1-2H3. The number of rotatable bonds is 5. The van der Waals surface area contributed by atoms with E-state index in [0.29, 0.717) is 18.3 Å². The molecule has 6 heteroatoms. The van der Waals surface area contributed by atoms with E-state index < -0.39 is 0 Å². The van der Waals surface area contributed by atoms with Crippen molar-refractivity contribution in [1.82, 2.24) is 25.3 Å². The summed E-state index contributed by atoms with van der Waals surface area (Å²) in [4.78, 5) is 8.99. The Labute approximate surface area is 102 Å². The van der Waals surface area contributed by atoms with Gasteiger partial charge in [-0.2, -0.15) is 4.98 Å². The van der Waals surface area contributed by atoms with Gasteiger partial charge in [-0.25, -0.2) is 0 Å². The Hall–Kier alpha value is -0.980. The smallest absolute Gasteiger partial charge is 0.240 e. The highest BCUT2D eigenvalue weighted by Gasteiger charge is 2.12. The molecule has 0 aromatic carbocycles. The first-order valence-corrected chi connectivity index (χ1v) is 6.15. The van der Waals surface area contributed by atoms with Gasteiger partial charge in [-0.05, 0) is 14.0 Å². The van der Waals surface area contributed by atoms with Crippen LogP contribution in [0.3, 0.4) is 0 Å². The number of hydrogen-bond donors (Lipinski definition) is 1. The maximum atomic E-state index is 5.03. The minimum atomic E-state index is 0.661. The normalized spacial score (nSPS) is 18.7. The van der Waals surface area contributed by atoms with Crippen LogP contribution in [0, 0.1) is 6.92 Å². The highest BCUT2D eigenvalue weighted by molar-refractivity contribution is 4.82. The number of aryl methyl sites for hydroxylation is 1. The summed E-state index contributed by atoms with van der Waals surface area (Å²) >= 11 is 0. The molecular formula is C11H21N5O.